The van der Waals surface area contributed by atoms with Crippen molar-refractivity contribution in [3.05, 3.63) is 24.3 Å². The number of carbonyl (C=O) groups is 3. The Morgan fingerprint density at radius 2 is 2.16 bits per heavy atom. The molecule has 0 unspecified atom stereocenters. The number of amides is 1. The highest BCUT2D eigenvalue weighted by Crippen LogP contribution is 2.33. The molecular formula is C12H12Cl3NO3. The van der Waals surface area contributed by atoms with Gasteiger partial charge < -0.3 is 10.1 Å². The number of carbonyl (C=O) groups excluding carboxylic acids is 3. The minimum Gasteiger partial charge on any atom is -0.335 e. The van der Waals surface area contributed by atoms with Crippen LogP contribution in [0.15, 0.2) is 24.3 Å². The summed E-state index contributed by atoms with van der Waals surface area (Å²) in [6.45, 7) is 5.23. The van der Waals surface area contributed by atoms with Gasteiger partial charge in [-0.3, -0.25) is 9.59 Å². The van der Waals surface area contributed by atoms with Crippen molar-refractivity contribution in [2.75, 3.05) is 0 Å². The molecule has 19 heavy (non-hydrogen) atoms. The summed E-state index contributed by atoms with van der Waals surface area (Å²) in [5.41, 5.74) is -0.829. The highest BCUT2D eigenvalue weighted by molar-refractivity contribution is 6.76. The first kappa shape index (κ1) is 16.2. The molecule has 0 aromatic rings. The van der Waals surface area contributed by atoms with Crippen molar-refractivity contribution in [2.45, 2.75) is 22.7 Å². The second-order valence-electron chi connectivity index (χ2n) is 4.33. The number of hydrogen-bond donors (Lipinski definition) is 1. The topological polar surface area (TPSA) is 63.2 Å². The van der Waals surface area contributed by atoms with Crippen LogP contribution in [0.2, 0.25) is 0 Å². The molecule has 1 rings (SSSR count). The minimum absolute atomic E-state index is 0.321. The smallest absolute Gasteiger partial charge is 0.273 e. The summed E-state index contributed by atoms with van der Waals surface area (Å²) in [5.74, 6) is -2.23. The van der Waals surface area contributed by atoms with E-state index < -0.39 is 26.9 Å². The van der Waals surface area contributed by atoms with Crippen molar-refractivity contribution in [2.24, 2.45) is 5.92 Å². The zero-order valence-electron chi connectivity index (χ0n) is 10.1. The summed E-state index contributed by atoms with van der Waals surface area (Å²) in [4.78, 5) is 35.1. The van der Waals surface area contributed by atoms with E-state index in [9.17, 15) is 14.4 Å². The molecule has 2 atom stereocenters. The molecule has 0 aromatic heterocycles. The van der Waals surface area contributed by atoms with Crippen molar-refractivity contribution in [3.8, 4) is 0 Å². The summed E-state index contributed by atoms with van der Waals surface area (Å²) >= 11 is 16.4. The summed E-state index contributed by atoms with van der Waals surface area (Å²) in [6, 6.07) is 0. The highest BCUT2D eigenvalue weighted by atomic mass is 35.6. The van der Waals surface area contributed by atoms with Crippen LogP contribution in [0.4, 0.5) is 0 Å². The van der Waals surface area contributed by atoms with Crippen LogP contribution in [-0.4, -0.2) is 27.3 Å². The van der Waals surface area contributed by atoms with Crippen molar-refractivity contribution in [3.63, 3.8) is 0 Å². The van der Waals surface area contributed by atoms with Crippen LogP contribution in [0, 0.1) is 5.92 Å². The monoisotopic (exact) mass is 323 g/mol. The van der Waals surface area contributed by atoms with Crippen molar-refractivity contribution < 1.29 is 14.4 Å². The normalized spacial score (nSPS) is 27.5. The van der Waals surface area contributed by atoms with Gasteiger partial charge in [-0.2, -0.15) is 0 Å². The van der Waals surface area contributed by atoms with Crippen molar-refractivity contribution >= 4 is 52.8 Å². The lowest BCUT2D eigenvalue weighted by atomic mass is 9.73. The van der Waals surface area contributed by atoms with E-state index in [1.165, 1.54) is 12.2 Å². The average molecular weight is 325 g/mol. The second kappa shape index (κ2) is 5.65. The van der Waals surface area contributed by atoms with Gasteiger partial charge in [0.25, 0.3) is 9.70 Å². The number of nitrogens with one attached hydrogen (secondary N) is 1. The number of ketones is 1. The maximum Gasteiger partial charge on any atom is 0.273 e. The largest absolute Gasteiger partial charge is 0.335 e. The first-order valence-electron chi connectivity index (χ1n) is 5.37. The molecule has 7 heteroatoms. The lowest BCUT2D eigenvalue weighted by molar-refractivity contribution is -0.131. The summed E-state index contributed by atoms with van der Waals surface area (Å²) in [5, 5.41) is 2.32. The van der Waals surface area contributed by atoms with E-state index in [2.05, 4.69) is 11.9 Å². The molecular weight excluding hydrogens is 312 g/mol. The number of aldehydes is 1. The van der Waals surface area contributed by atoms with E-state index >= 15 is 0 Å². The van der Waals surface area contributed by atoms with Gasteiger partial charge in [-0.15, -0.1) is 6.58 Å². The van der Waals surface area contributed by atoms with Crippen molar-refractivity contribution in [1.29, 1.82) is 0 Å². The van der Waals surface area contributed by atoms with Crippen molar-refractivity contribution in [1.82, 2.24) is 5.32 Å². The van der Waals surface area contributed by atoms with Crippen LogP contribution in [0.25, 0.3) is 0 Å². The summed E-state index contributed by atoms with van der Waals surface area (Å²) in [7, 11) is 0. The molecule has 0 bridgehead atoms. The molecule has 4 nitrogen and oxygen atoms in total. The SMILES string of the molecule is C=C[C@]1(NC(=O)C(Cl)(Cl)Cl)C(=O)C=C(C)C[C@@H]1C=O. The molecule has 1 amide bonds. The molecule has 1 aliphatic rings. The predicted octanol–water partition coefficient (Wildman–Crippen LogP) is 2.13. The number of halogens is 3. The van der Waals surface area contributed by atoms with Gasteiger partial charge >= 0.3 is 0 Å². The molecule has 0 aromatic carbocycles. The molecule has 0 saturated carbocycles. The van der Waals surface area contributed by atoms with Crippen LogP contribution in [0.5, 0.6) is 0 Å². The van der Waals surface area contributed by atoms with E-state index in [1.807, 2.05) is 0 Å². The summed E-state index contributed by atoms with van der Waals surface area (Å²) in [6.07, 6.45) is 3.46. The Morgan fingerprint density at radius 1 is 1.58 bits per heavy atom. The third-order valence-corrected chi connectivity index (χ3v) is 3.49. The van der Waals surface area contributed by atoms with Crippen LogP contribution >= 0.6 is 34.8 Å². The molecule has 0 saturated heterocycles. The Balaban J connectivity index is 3.21. The number of hydrogen-bond acceptors (Lipinski definition) is 3. The molecule has 0 fully saturated rings. The van der Waals surface area contributed by atoms with Crippen LogP contribution in [0.3, 0.4) is 0 Å². The van der Waals surface area contributed by atoms with E-state index in [1.54, 1.807) is 6.92 Å². The fourth-order valence-electron chi connectivity index (χ4n) is 1.96. The molecule has 0 spiro atoms. The Kier molecular flexibility index (Phi) is 4.82. The van der Waals surface area contributed by atoms with Gasteiger partial charge in [0.05, 0.1) is 5.92 Å². The van der Waals surface area contributed by atoms with Crippen LogP contribution in [-0.2, 0) is 14.4 Å². The minimum atomic E-state index is -2.22. The number of rotatable bonds is 3. The van der Waals surface area contributed by atoms with E-state index in [4.69, 9.17) is 34.8 Å². The Hall–Kier alpha value is -0.840. The quantitative estimate of drug-likeness (QED) is 0.491. The van der Waals surface area contributed by atoms with Gasteiger partial charge in [-0.25, -0.2) is 0 Å². The second-order valence-corrected chi connectivity index (χ2v) is 6.61. The van der Waals surface area contributed by atoms with E-state index in [0.29, 0.717) is 12.7 Å². The van der Waals surface area contributed by atoms with E-state index in [-0.39, 0.29) is 0 Å². The molecule has 1 aliphatic carbocycles. The third-order valence-electron chi connectivity index (χ3n) is 2.98. The average Bonchev–Trinajstić information content (AvgIpc) is 2.30. The fraction of sp³-hybridized carbons (Fsp3) is 0.417. The summed E-state index contributed by atoms with van der Waals surface area (Å²) < 4.78 is -2.22. The standard InChI is InChI=1S/C12H12Cl3NO3/c1-3-11(16-10(19)12(13,14)15)8(6-17)4-7(2)5-9(11)18/h3,5-6,8H,1,4H2,2H3,(H,16,19)/t8-,11-/m1/s1. The first-order chi connectivity index (χ1) is 8.67. The van der Waals surface area contributed by atoms with Gasteiger partial charge in [-0.05, 0) is 19.4 Å². The van der Waals surface area contributed by atoms with Crippen LogP contribution < -0.4 is 5.32 Å². The molecule has 104 valence electrons. The lowest BCUT2D eigenvalue weighted by Crippen LogP contribution is -2.61. The first-order valence-corrected chi connectivity index (χ1v) is 6.50. The predicted molar refractivity (Wildman–Crippen MR) is 74.3 cm³/mol. The Labute approximate surface area is 125 Å². The fourth-order valence-corrected chi connectivity index (χ4v) is 2.11. The van der Waals surface area contributed by atoms with Gasteiger partial charge in [-0.1, -0.05) is 46.5 Å². The zero-order valence-corrected chi connectivity index (χ0v) is 12.4. The van der Waals surface area contributed by atoms with E-state index in [0.717, 1.165) is 5.57 Å². The number of allylic oxidation sites excluding steroid dienone is 1. The molecule has 0 radical (unpaired) electrons. The Bertz CT molecular complexity index is 467. The zero-order chi connectivity index (χ0) is 14.8. The Morgan fingerprint density at radius 3 is 2.58 bits per heavy atom. The highest BCUT2D eigenvalue weighted by Gasteiger charge is 2.48. The molecule has 0 heterocycles. The maximum atomic E-state index is 12.1. The van der Waals surface area contributed by atoms with Gasteiger partial charge in [0.2, 0.25) is 0 Å². The molecule has 0 aliphatic heterocycles. The lowest BCUT2D eigenvalue weighted by Gasteiger charge is -2.38. The third kappa shape index (κ3) is 3.19. The van der Waals surface area contributed by atoms with Gasteiger partial charge in [0.15, 0.2) is 5.78 Å². The van der Waals surface area contributed by atoms with Crippen LogP contribution in [0.1, 0.15) is 13.3 Å². The van der Waals surface area contributed by atoms with Gasteiger partial charge in [0, 0.05) is 0 Å². The maximum absolute atomic E-state index is 12.1. The molecule has 1 N–H and O–H groups in total. The van der Waals surface area contributed by atoms with Gasteiger partial charge in [0.1, 0.15) is 11.8 Å². The number of alkyl halides is 3.